The van der Waals surface area contributed by atoms with Crippen molar-refractivity contribution in [1.82, 2.24) is 5.32 Å². The molecule has 0 aromatic rings. The van der Waals surface area contributed by atoms with Crippen molar-refractivity contribution in [2.75, 3.05) is 0 Å². The maximum atomic E-state index is 11.0. The van der Waals surface area contributed by atoms with E-state index in [1.807, 2.05) is 27.7 Å². The molecule has 1 unspecified atom stereocenters. The lowest BCUT2D eigenvalue weighted by molar-refractivity contribution is 0.0301. The molecule has 0 aromatic carbocycles. The Morgan fingerprint density at radius 1 is 1.40 bits per heavy atom. The maximum absolute atomic E-state index is 11.0. The predicted molar refractivity (Wildman–Crippen MR) is 42.3 cm³/mol. The third kappa shape index (κ3) is 6.05. The summed E-state index contributed by atoms with van der Waals surface area (Å²) >= 11 is 0. The lowest BCUT2D eigenvalue weighted by Gasteiger charge is -2.23. The number of rotatable bonds is 3. The van der Waals surface area contributed by atoms with Crippen molar-refractivity contribution >= 4 is 0 Å². The normalized spacial score (nSPS) is 15.3. The zero-order valence-corrected chi connectivity index (χ0v) is 7.40. The first-order valence-electron chi connectivity index (χ1n) is 3.89. The van der Waals surface area contributed by atoms with Crippen LogP contribution in [-0.2, 0) is 5.11 Å². The minimum Gasteiger partial charge on any atom is -0.285 e. The lowest BCUT2D eigenvalue weighted by Crippen LogP contribution is -2.42. The van der Waals surface area contributed by atoms with E-state index in [9.17, 15) is 5.11 Å². The summed E-state index contributed by atoms with van der Waals surface area (Å²) in [5, 5.41) is 14.0. The van der Waals surface area contributed by atoms with E-state index in [-0.39, 0.29) is 5.54 Å². The molecule has 0 spiro atoms. The Balaban J connectivity index is 3.47. The second kappa shape index (κ2) is 3.94. The molecule has 0 saturated heterocycles. The number of hydrogen-bond acceptors (Lipinski definition) is 1. The van der Waals surface area contributed by atoms with E-state index in [1.165, 1.54) is 0 Å². The highest BCUT2D eigenvalue weighted by Crippen LogP contribution is 2.03. The number of hydrogen-bond donors (Lipinski definition) is 1. The Morgan fingerprint density at radius 3 is 2.20 bits per heavy atom. The van der Waals surface area contributed by atoms with Gasteiger partial charge in [-0.15, -0.1) is 0 Å². The third-order valence-electron chi connectivity index (χ3n) is 1.14. The average Bonchev–Trinajstić information content (AvgIpc) is 1.59. The van der Waals surface area contributed by atoms with Crippen molar-refractivity contribution in [2.24, 2.45) is 0 Å². The highest BCUT2D eigenvalue weighted by molar-refractivity contribution is 4.71. The molecule has 0 rings (SSSR count). The smallest absolute Gasteiger partial charge is 0.144 e. The van der Waals surface area contributed by atoms with Crippen LogP contribution in [0, 0.1) is 0 Å². The molecule has 1 radical (unpaired) electrons. The van der Waals surface area contributed by atoms with Crippen LogP contribution in [0.15, 0.2) is 0 Å². The molecule has 0 bridgehead atoms. The van der Waals surface area contributed by atoms with Crippen LogP contribution < -0.4 is 5.32 Å². The van der Waals surface area contributed by atoms with Crippen LogP contribution in [0.25, 0.3) is 0 Å². The van der Waals surface area contributed by atoms with Crippen LogP contribution in [0.1, 0.15) is 40.5 Å². The van der Waals surface area contributed by atoms with Crippen molar-refractivity contribution < 1.29 is 5.11 Å². The van der Waals surface area contributed by atoms with Gasteiger partial charge in [0, 0.05) is 5.54 Å². The highest BCUT2D eigenvalue weighted by atomic mass is 16.3. The topological polar surface area (TPSA) is 31.9 Å². The van der Waals surface area contributed by atoms with Crippen molar-refractivity contribution in [3.63, 3.8) is 0 Å². The second-order valence-corrected chi connectivity index (χ2v) is 3.67. The van der Waals surface area contributed by atoms with Gasteiger partial charge in [0.15, 0.2) is 0 Å². The SMILES string of the molecule is CCCC([O])NC(C)(C)C. The summed E-state index contributed by atoms with van der Waals surface area (Å²) in [5.74, 6) is 0. The summed E-state index contributed by atoms with van der Waals surface area (Å²) in [5.41, 5.74) is -0.0401. The van der Waals surface area contributed by atoms with Gasteiger partial charge in [0.1, 0.15) is 6.23 Å². The van der Waals surface area contributed by atoms with Crippen LogP contribution in [0.5, 0.6) is 0 Å². The molecular formula is C8H18NO. The van der Waals surface area contributed by atoms with Gasteiger partial charge in [-0.3, -0.25) is 5.32 Å². The molecule has 1 N–H and O–H groups in total. The van der Waals surface area contributed by atoms with Gasteiger partial charge < -0.3 is 0 Å². The Bertz CT molecular complexity index is 85.7. The Hall–Kier alpha value is -0.0800. The third-order valence-corrected chi connectivity index (χ3v) is 1.14. The summed E-state index contributed by atoms with van der Waals surface area (Å²) in [6.45, 7) is 8.05. The summed E-state index contributed by atoms with van der Waals surface area (Å²) in [6.07, 6.45) is 1.08. The molecule has 0 fully saturated rings. The summed E-state index contributed by atoms with van der Waals surface area (Å²) < 4.78 is 0. The molecule has 0 aliphatic heterocycles. The van der Waals surface area contributed by atoms with Crippen molar-refractivity contribution in [3.8, 4) is 0 Å². The Labute approximate surface area is 63.6 Å². The van der Waals surface area contributed by atoms with Crippen LogP contribution in [0.3, 0.4) is 0 Å². The predicted octanol–water partition coefficient (Wildman–Crippen LogP) is 1.93. The quantitative estimate of drug-likeness (QED) is 0.603. The molecule has 10 heavy (non-hydrogen) atoms. The molecule has 0 aromatic heterocycles. The van der Waals surface area contributed by atoms with E-state index in [4.69, 9.17) is 0 Å². The minimum absolute atomic E-state index is 0.0401. The molecule has 61 valence electrons. The van der Waals surface area contributed by atoms with Crippen LogP contribution in [0.2, 0.25) is 0 Å². The minimum atomic E-state index is -0.593. The molecule has 0 aliphatic rings. The van der Waals surface area contributed by atoms with Gasteiger partial charge >= 0.3 is 0 Å². The van der Waals surface area contributed by atoms with E-state index >= 15 is 0 Å². The molecule has 2 heteroatoms. The molecule has 0 saturated carbocycles. The molecule has 1 atom stereocenters. The van der Waals surface area contributed by atoms with E-state index in [1.54, 1.807) is 0 Å². The fourth-order valence-corrected chi connectivity index (χ4v) is 0.817. The van der Waals surface area contributed by atoms with E-state index in [2.05, 4.69) is 5.32 Å². The van der Waals surface area contributed by atoms with Gasteiger partial charge in [0.25, 0.3) is 0 Å². The largest absolute Gasteiger partial charge is 0.285 e. The zero-order valence-electron chi connectivity index (χ0n) is 7.40. The summed E-state index contributed by atoms with van der Waals surface area (Å²) in [6, 6.07) is 0. The van der Waals surface area contributed by atoms with Crippen LogP contribution >= 0.6 is 0 Å². The monoisotopic (exact) mass is 144 g/mol. The standard InChI is InChI=1S/C8H18NO/c1-5-6-7(10)9-8(2,3)4/h7,9H,5-6H2,1-4H3. The first-order valence-corrected chi connectivity index (χ1v) is 3.89. The number of nitrogens with one attached hydrogen (secondary N) is 1. The zero-order chi connectivity index (χ0) is 8.20. The van der Waals surface area contributed by atoms with E-state index in [0.29, 0.717) is 0 Å². The second-order valence-electron chi connectivity index (χ2n) is 3.67. The van der Waals surface area contributed by atoms with E-state index in [0.717, 1.165) is 12.8 Å². The maximum Gasteiger partial charge on any atom is 0.144 e. The van der Waals surface area contributed by atoms with Gasteiger partial charge in [-0.05, 0) is 27.2 Å². The van der Waals surface area contributed by atoms with Crippen molar-refractivity contribution in [1.29, 1.82) is 0 Å². The van der Waals surface area contributed by atoms with Gasteiger partial charge in [0.05, 0.1) is 0 Å². The van der Waals surface area contributed by atoms with Gasteiger partial charge in [-0.1, -0.05) is 13.3 Å². The average molecular weight is 144 g/mol. The van der Waals surface area contributed by atoms with E-state index < -0.39 is 6.23 Å². The lowest BCUT2D eigenvalue weighted by atomic mass is 10.1. The van der Waals surface area contributed by atoms with Gasteiger partial charge in [-0.25, -0.2) is 5.11 Å². The van der Waals surface area contributed by atoms with Gasteiger partial charge in [0.2, 0.25) is 0 Å². The highest BCUT2D eigenvalue weighted by Gasteiger charge is 2.14. The van der Waals surface area contributed by atoms with Crippen molar-refractivity contribution in [2.45, 2.75) is 52.3 Å². The molecule has 2 nitrogen and oxygen atoms in total. The molecule has 0 aliphatic carbocycles. The fraction of sp³-hybridized carbons (Fsp3) is 1.00. The first-order chi connectivity index (χ1) is 4.45. The van der Waals surface area contributed by atoms with Gasteiger partial charge in [-0.2, -0.15) is 0 Å². The van der Waals surface area contributed by atoms with Crippen LogP contribution in [-0.4, -0.2) is 11.8 Å². The molecule has 0 amide bonds. The molecular weight excluding hydrogens is 126 g/mol. The summed E-state index contributed by atoms with van der Waals surface area (Å²) in [7, 11) is 0. The van der Waals surface area contributed by atoms with Crippen LogP contribution in [0.4, 0.5) is 0 Å². The Kier molecular flexibility index (Phi) is 3.91. The Morgan fingerprint density at radius 2 is 1.90 bits per heavy atom. The fourth-order valence-electron chi connectivity index (χ4n) is 0.817. The summed E-state index contributed by atoms with van der Waals surface area (Å²) in [4.78, 5) is 0. The molecule has 0 heterocycles. The van der Waals surface area contributed by atoms with Crippen molar-refractivity contribution in [3.05, 3.63) is 0 Å². The first kappa shape index (κ1) is 9.92.